The Hall–Kier alpha value is -3.55. The Kier molecular flexibility index (Phi) is 7.49. The van der Waals surface area contributed by atoms with Gasteiger partial charge in [-0.2, -0.15) is 0 Å². The molecular formula is C26H25F3O5. The highest BCUT2D eigenvalue weighted by Crippen LogP contribution is 2.34. The average molecular weight is 474 g/mol. The molecule has 34 heavy (non-hydrogen) atoms. The number of carboxylic acids is 1. The van der Waals surface area contributed by atoms with Crippen molar-refractivity contribution in [1.82, 2.24) is 0 Å². The number of halogens is 3. The number of alkyl halides is 3. The molecule has 3 aromatic carbocycles. The van der Waals surface area contributed by atoms with E-state index in [0.717, 1.165) is 5.39 Å². The molecule has 0 aromatic heterocycles. The molecule has 3 rings (SSSR count). The maximum atomic E-state index is 13.1. The number of rotatable bonds is 10. The maximum absolute atomic E-state index is 13.1. The molecule has 0 saturated carbocycles. The summed E-state index contributed by atoms with van der Waals surface area (Å²) in [5, 5.41) is 11.1. The zero-order valence-corrected chi connectivity index (χ0v) is 18.8. The lowest BCUT2D eigenvalue weighted by atomic mass is 9.81. The Labute approximate surface area is 195 Å². The maximum Gasteiger partial charge on any atom is 0.573 e. The van der Waals surface area contributed by atoms with Crippen molar-refractivity contribution in [3.63, 3.8) is 0 Å². The normalized spacial score (nSPS) is 13.3. The van der Waals surface area contributed by atoms with Gasteiger partial charge < -0.3 is 14.6 Å². The van der Waals surface area contributed by atoms with Crippen LogP contribution in [0, 0.1) is 5.41 Å². The number of carbonyl (C=O) groups is 2. The Morgan fingerprint density at radius 1 is 0.971 bits per heavy atom. The summed E-state index contributed by atoms with van der Waals surface area (Å²) in [6, 6.07) is 16.1. The van der Waals surface area contributed by atoms with Crippen LogP contribution in [0.2, 0.25) is 0 Å². The van der Waals surface area contributed by atoms with E-state index in [9.17, 15) is 27.9 Å². The molecule has 8 heteroatoms. The van der Waals surface area contributed by atoms with Gasteiger partial charge >= 0.3 is 12.3 Å². The van der Waals surface area contributed by atoms with Crippen LogP contribution in [0.15, 0.2) is 60.7 Å². The lowest BCUT2D eigenvalue weighted by molar-refractivity contribution is -0.274. The molecule has 0 aliphatic heterocycles. The lowest BCUT2D eigenvalue weighted by Gasteiger charge is -2.22. The SMILES string of the molecule is CCC(C)(CCC(=O)c1ccc2ccccc2c1OCc1ccc(OC(F)(F)F)cc1)C(=O)O. The zero-order chi connectivity index (χ0) is 24.9. The van der Waals surface area contributed by atoms with Gasteiger partial charge in [-0.15, -0.1) is 13.2 Å². The molecule has 0 spiro atoms. The van der Waals surface area contributed by atoms with Gasteiger partial charge in [0.25, 0.3) is 0 Å². The fraction of sp³-hybridized carbons (Fsp3) is 0.308. The molecule has 1 N–H and O–H groups in total. The predicted molar refractivity (Wildman–Crippen MR) is 121 cm³/mol. The summed E-state index contributed by atoms with van der Waals surface area (Å²) in [6.07, 6.45) is -4.16. The Morgan fingerprint density at radius 3 is 2.26 bits per heavy atom. The van der Waals surface area contributed by atoms with Crippen LogP contribution < -0.4 is 9.47 Å². The molecule has 5 nitrogen and oxygen atoms in total. The Bertz CT molecular complexity index is 1170. The molecule has 0 amide bonds. The second-order valence-electron chi connectivity index (χ2n) is 8.29. The first kappa shape index (κ1) is 25.1. The summed E-state index contributed by atoms with van der Waals surface area (Å²) in [6.45, 7) is 3.41. The van der Waals surface area contributed by atoms with E-state index in [0.29, 0.717) is 28.7 Å². The minimum Gasteiger partial charge on any atom is -0.487 e. The van der Waals surface area contributed by atoms with Crippen LogP contribution in [0.1, 0.15) is 49.0 Å². The third kappa shape index (κ3) is 6.07. The second-order valence-corrected chi connectivity index (χ2v) is 8.29. The third-order valence-corrected chi connectivity index (χ3v) is 5.92. The summed E-state index contributed by atoms with van der Waals surface area (Å²) in [5.74, 6) is -1.17. The third-order valence-electron chi connectivity index (χ3n) is 5.92. The van der Waals surface area contributed by atoms with Gasteiger partial charge in [-0.25, -0.2) is 0 Å². The van der Waals surface area contributed by atoms with Crippen molar-refractivity contribution in [2.45, 2.75) is 46.1 Å². The van der Waals surface area contributed by atoms with Gasteiger partial charge in [0.2, 0.25) is 0 Å². The number of carbonyl (C=O) groups excluding carboxylic acids is 1. The average Bonchev–Trinajstić information content (AvgIpc) is 2.80. The van der Waals surface area contributed by atoms with Gasteiger partial charge in [-0.1, -0.05) is 49.4 Å². The number of fused-ring (bicyclic) bond motifs is 1. The van der Waals surface area contributed by atoms with Crippen molar-refractivity contribution < 1.29 is 37.3 Å². The van der Waals surface area contributed by atoms with Gasteiger partial charge in [-0.3, -0.25) is 9.59 Å². The van der Waals surface area contributed by atoms with E-state index in [1.165, 1.54) is 24.3 Å². The number of carboxylic acid groups (broad SMARTS) is 1. The first-order valence-electron chi connectivity index (χ1n) is 10.8. The molecule has 0 fully saturated rings. The number of benzene rings is 3. The number of hydrogen-bond donors (Lipinski definition) is 1. The van der Waals surface area contributed by atoms with Crippen molar-refractivity contribution in [3.8, 4) is 11.5 Å². The van der Waals surface area contributed by atoms with Crippen LogP contribution in [0.25, 0.3) is 10.8 Å². The Morgan fingerprint density at radius 2 is 1.65 bits per heavy atom. The summed E-state index contributed by atoms with van der Waals surface area (Å²) in [4.78, 5) is 24.7. The highest BCUT2D eigenvalue weighted by Gasteiger charge is 2.32. The van der Waals surface area contributed by atoms with E-state index in [1.54, 1.807) is 26.0 Å². The molecule has 0 bridgehead atoms. The summed E-state index contributed by atoms with van der Waals surface area (Å²) in [5.41, 5.74) is -0.0850. The second kappa shape index (κ2) is 10.2. The van der Waals surface area contributed by atoms with Crippen molar-refractivity contribution in [1.29, 1.82) is 0 Å². The highest BCUT2D eigenvalue weighted by atomic mass is 19.4. The molecule has 0 radical (unpaired) electrons. The summed E-state index contributed by atoms with van der Waals surface area (Å²) < 4.78 is 47.0. The van der Waals surface area contributed by atoms with Crippen molar-refractivity contribution in [2.24, 2.45) is 5.41 Å². The van der Waals surface area contributed by atoms with Crippen LogP contribution in [0.4, 0.5) is 13.2 Å². The van der Waals surface area contributed by atoms with Gasteiger partial charge in [0.15, 0.2) is 5.78 Å². The minimum absolute atomic E-state index is 0.0163. The minimum atomic E-state index is -4.77. The first-order valence-corrected chi connectivity index (χ1v) is 10.8. The van der Waals surface area contributed by atoms with Gasteiger partial charge in [0.05, 0.1) is 11.0 Å². The van der Waals surface area contributed by atoms with Crippen molar-refractivity contribution >= 4 is 22.5 Å². The van der Waals surface area contributed by atoms with Crippen LogP contribution in [-0.4, -0.2) is 23.2 Å². The molecule has 0 aliphatic carbocycles. The topological polar surface area (TPSA) is 72.8 Å². The molecule has 1 unspecified atom stereocenters. The van der Waals surface area contributed by atoms with E-state index in [4.69, 9.17) is 4.74 Å². The van der Waals surface area contributed by atoms with Gasteiger partial charge in [0, 0.05) is 11.8 Å². The number of aliphatic carboxylic acids is 1. The smallest absolute Gasteiger partial charge is 0.487 e. The van der Waals surface area contributed by atoms with E-state index >= 15 is 0 Å². The van der Waals surface area contributed by atoms with Crippen molar-refractivity contribution in [2.75, 3.05) is 0 Å². The van der Waals surface area contributed by atoms with E-state index < -0.39 is 17.7 Å². The number of ketones is 1. The standard InChI is InChI=1S/C26H25F3O5/c1-3-25(2,24(31)32)15-14-22(30)21-13-10-18-6-4-5-7-20(18)23(21)33-16-17-8-11-19(12-9-17)34-26(27,28)29/h4-13H,3,14-16H2,1-2H3,(H,31,32). The first-order chi connectivity index (χ1) is 16.0. The monoisotopic (exact) mass is 474 g/mol. The van der Waals surface area contributed by atoms with Crippen LogP contribution in [-0.2, 0) is 11.4 Å². The molecule has 3 aromatic rings. The number of hydrogen-bond acceptors (Lipinski definition) is 4. The van der Waals surface area contributed by atoms with Crippen LogP contribution >= 0.6 is 0 Å². The number of ether oxygens (including phenoxy) is 2. The molecule has 180 valence electrons. The zero-order valence-electron chi connectivity index (χ0n) is 18.8. The summed E-state index contributed by atoms with van der Waals surface area (Å²) >= 11 is 0. The summed E-state index contributed by atoms with van der Waals surface area (Å²) in [7, 11) is 0. The largest absolute Gasteiger partial charge is 0.573 e. The molecule has 0 saturated heterocycles. The molecule has 1 atom stereocenters. The fourth-order valence-electron chi connectivity index (χ4n) is 3.52. The van der Waals surface area contributed by atoms with Crippen molar-refractivity contribution in [3.05, 3.63) is 71.8 Å². The molecule has 0 heterocycles. The molecule has 0 aliphatic rings. The highest BCUT2D eigenvalue weighted by molar-refractivity contribution is 6.05. The van der Waals surface area contributed by atoms with Crippen LogP contribution in [0.5, 0.6) is 11.5 Å². The molecular weight excluding hydrogens is 449 g/mol. The van der Waals surface area contributed by atoms with E-state index in [-0.39, 0.29) is 31.0 Å². The number of Topliss-reactive ketones (excluding diaryl/α,β-unsaturated/α-hetero) is 1. The van der Waals surface area contributed by atoms with E-state index in [2.05, 4.69) is 4.74 Å². The van der Waals surface area contributed by atoms with E-state index in [1.807, 2.05) is 24.3 Å². The van der Waals surface area contributed by atoms with Crippen LogP contribution in [0.3, 0.4) is 0 Å². The van der Waals surface area contributed by atoms with Gasteiger partial charge in [-0.05, 0) is 48.9 Å². The lowest BCUT2D eigenvalue weighted by Crippen LogP contribution is -2.27. The quantitative estimate of drug-likeness (QED) is 0.328. The Balaban J connectivity index is 1.84. The van der Waals surface area contributed by atoms with Gasteiger partial charge in [0.1, 0.15) is 18.1 Å². The predicted octanol–water partition coefficient (Wildman–Crippen LogP) is 6.78. The fourth-order valence-corrected chi connectivity index (χ4v) is 3.52.